The lowest BCUT2D eigenvalue weighted by atomic mass is 10.0. The molecule has 0 saturated carbocycles. The summed E-state index contributed by atoms with van der Waals surface area (Å²) in [5.74, 6) is 0. The molecule has 2 N–H and O–H groups in total. The Hall–Kier alpha value is -7.27. The second kappa shape index (κ2) is 22.5. The molecule has 0 aliphatic carbocycles. The van der Waals surface area contributed by atoms with Crippen LogP contribution in [-0.4, -0.2) is 26.2 Å². The molecule has 0 amide bonds. The van der Waals surface area contributed by atoms with Gasteiger partial charge >= 0.3 is 0 Å². The van der Waals surface area contributed by atoms with E-state index in [1.54, 1.807) is 11.3 Å². The number of thiophene rings is 4. The zero-order valence-electron chi connectivity index (χ0n) is 42.8. The van der Waals surface area contributed by atoms with Crippen LogP contribution < -0.4 is 0 Å². The molecule has 10 aromatic rings. The molecule has 3 aromatic carbocycles. The van der Waals surface area contributed by atoms with Crippen LogP contribution in [0.1, 0.15) is 109 Å². The summed E-state index contributed by atoms with van der Waals surface area (Å²) in [5, 5.41) is 0. The third-order valence-electron chi connectivity index (χ3n) is 14.4. The Bertz CT molecular complexity index is 3900. The lowest BCUT2D eigenvalue weighted by Gasteiger charge is -2.06. The standard InChI is InChI=1S/C67H58N4OS4/c1-3-5-7-12-26-46-40-48(42-72)73-66(46)59-38-36-57(74-59)58-37-39-60(75-58)67-47(27-13-8-6-4-2)41-61(76-67)65-55-34-32-53(70-55)63(44-22-16-10-17-23-44)51-30-28-49(68-51)62(43-20-14-9-15-21-43)50-29-31-52(69-50)64(45-24-18-11-19-25-45)54-33-35-56(65)71-54/h9-11,14-25,28-42,68,71H,3-8,12-13,26-27H2,1-2H3. The highest BCUT2D eigenvalue weighted by Gasteiger charge is 2.23. The maximum atomic E-state index is 12.0. The Morgan fingerprint density at radius 3 is 1.22 bits per heavy atom. The number of carbonyl (C=O) groups is 1. The van der Waals surface area contributed by atoms with Gasteiger partial charge in [0, 0.05) is 78.5 Å². The fraction of sp³-hybridized carbons (Fsp3) is 0.179. The molecule has 2 aliphatic rings. The maximum Gasteiger partial charge on any atom is 0.160 e. The van der Waals surface area contributed by atoms with E-state index in [2.05, 4.69) is 200 Å². The van der Waals surface area contributed by atoms with Crippen LogP contribution in [0.4, 0.5) is 0 Å². The Labute approximate surface area is 461 Å². The Morgan fingerprint density at radius 1 is 0.395 bits per heavy atom. The summed E-state index contributed by atoms with van der Waals surface area (Å²) in [4.78, 5) is 40.6. The van der Waals surface area contributed by atoms with E-state index >= 15 is 0 Å². The number of hydrogen-bond acceptors (Lipinski definition) is 7. The van der Waals surface area contributed by atoms with Gasteiger partial charge in [0.1, 0.15) is 0 Å². The smallest absolute Gasteiger partial charge is 0.160 e. The molecule has 376 valence electrons. The van der Waals surface area contributed by atoms with Crippen molar-refractivity contribution in [2.45, 2.75) is 78.1 Å². The number of aldehydes is 1. The molecule has 7 aromatic heterocycles. The monoisotopic (exact) mass is 1060 g/mol. The molecule has 76 heavy (non-hydrogen) atoms. The van der Waals surface area contributed by atoms with E-state index in [1.807, 2.05) is 34.0 Å². The van der Waals surface area contributed by atoms with Gasteiger partial charge < -0.3 is 9.97 Å². The molecule has 0 saturated heterocycles. The molecule has 9 heterocycles. The number of nitrogens with one attached hydrogen (secondary N) is 2. The Morgan fingerprint density at radius 2 is 0.789 bits per heavy atom. The number of benzene rings is 3. The van der Waals surface area contributed by atoms with Gasteiger partial charge in [0.25, 0.3) is 0 Å². The normalized spacial score (nSPS) is 12.0. The number of fused-ring (bicyclic) bond motifs is 8. The molecular formula is C67H58N4OS4. The molecule has 8 bridgehead atoms. The second-order valence-electron chi connectivity index (χ2n) is 19.6. The number of aromatic amines is 2. The summed E-state index contributed by atoms with van der Waals surface area (Å²) in [6.45, 7) is 4.54. The molecule has 5 nitrogen and oxygen atoms in total. The number of aromatic nitrogens is 4. The summed E-state index contributed by atoms with van der Waals surface area (Å²) in [6.07, 6.45) is 21.3. The predicted molar refractivity (Wildman–Crippen MR) is 329 cm³/mol. The molecule has 0 atom stereocenters. The van der Waals surface area contributed by atoms with E-state index in [9.17, 15) is 4.79 Å². The van der Waals surface area contributed by atoms with Crippen LogP contribution in [-0.2, 0) is 12.8 Å². The Balaban J connectivity index is 1.05. The van der Waals surface area contributed by atoms with E-state index in [-0.39, 0.29) is 0 Å². The number of unbranched alkanes of at least 4 members (excludes halogenated alkanes) is 6. The van der Waals surface area contributed by atoms with Crippen LogP contribution in [0.3, 0.4) is 0 Å². The minimum atomic E-state index is 0.811. The van der Waals surface area contributed by atoms with Crippen LogP contribution in [0.5, 0.6) is 0 Å². The van der Waals surface area contributed by atoms with Gasteiger partial charge in [-0.15, -0.1) is 45.3 Å². The number of nitrogens with zero attached hydrogens (tertiary/aromatic N) is 2. The van der Waals surface area contributed by atoms with Gasteiger partial charge in [0.05, 0.1) is 27.7 Å². The fourth-order valence-electron chi connectivity index (χ4n) is 10.7. The number of rotatable bonds is 18. The lowest BCUT2D eigenvalue weighted by Crippen LogP contribution is -1.89. The first-order valence-electron chi connectivity index (χ1n) is 26.8. The Kier molecular flexibility index (Phi) is 14.7. The van der Waals surface area contributed by atoms with Crippen LogP contribution in [0.15, 0.2) is 152 Å². The summed E-state index contributed by atoms with van der Waals surface area (Å²) in [6, 6.07) is 54.5. The van der Waals surface area contributed by atoms with Crippen molar-refractivity contribution >= 4 is 98.0 Å². The zero-order valence-corrected chi connectivity index (χ0v) is 46.1. The number of carbonyl (C=O) groups excluding carboxylic acids is 1. The SMILES string of the molecule is CCCCCCc1cc(C=O)sc1-c1ccc(-c2ccc(-c3sc(-c4c5nc(c(-c6ccccc6)c6ccc([nH]6)c(-c6ccccc6)c6nc(c(-c7ccccc7)c7ccc4[nH]7)C=C6)C=C5)cc3CCCCCC)s2)s1. The van der Waals surface area contributed by atoms with E-state index in [4.69, 9.17) is 9.97 Å². The molecule has 0 fully saturated rings. The van der Waals surface area contributed by atoms with Gasteiger partial charge in [-0.2, -0.15) is 0 Å². The third kappa shape index (κ3) is 10.1. The van der Waals surface area contributed by atoms with Crippen molar-refractivity contribution in [2.75, 3.05) is 0 Å². The molecule has 2 aliphatic heterocycles. The maximum absolute atomic E-state index is 12.0. The number of hydrogen-bond donors (Lipinski definition) is 2. The van der Waals surface area contributed by atoms with Gasteiger partial charge in [0.2, 0.25) is 0 Å². The van der Waals surface area contributed by atoms with Crippen molar-refractivity contribution in [3.63, 3.8) is 0 Å². The van der Waals surface area contributed by atoms with Crippen molar-refractivity contribution in [3.05, 3.63) is 190 Å². The molecular weight excluding hydrogens is 1010 g/mol. The van der Waals surface area contributed by atoms with E-state index < -0.39 is 0 Å². The van der Waals surface area contributed by atoms with Crippen molar-refractivity contribution in [1.82, 2.24) is 19.9 Å². The van der Waals surface area contributed by atoms with Gasteiger partial charge in [-0.1, -0.05) is 143 Å². The molecule has 9 heteroatoms. The second-order valence-corrected chi connectivity index (χ2v) is 23.9. The van der Waals surface area contributed by atoms with Crippen molar-refractivity contribution in [1.29, 1.82) is 0 Å². The molecule has 0 radical (unpaired) electrons. The van der Waals surface area contributed by atoms with Crippen LogP contribution >= 0.6 is 45.3 Å². The summed E-state index contributed by atoms with van der Waals surface area (Å²) >= 11 is 7.25. The minimum Gasteiger partial charge on any atom is -0.354 e. The highest BCUT2D eigenvalue weighted by atomic mass is 32.1. The first kappa shape index (κ1) is 49.6. The van der Waals surface area contributed by atoms with Gasteiger partial charge in [-0.3, -0.25) is 4.79 Å². The molecule has 0 spiro atoms. The van der Waals surface area contributed by atoms with Crippen LogP contribution in [0.2, 0.25) is 0 Å². The van der Waals surface area contributed by atoms with Gasteiger partial charge in [0.15, 0.2) is 6.29 Å². The summed E-state index contributed by atoms with van der Waals surface area (Å²) in [5.41, 5.74) is 17.7. The third-order valence-corrected chi connectivity index (χ3v) is 19.5. The van der Waals surface area contributed by atoms with Gasteiger partial charge in [-0.05, 0) is 138 Å². The van der Waals surface area contributed by atoms with Crippen molar-refractivity contribution < 1.29 is 4.79 Å². The largest absolute Gasteiger partial charge is 0.354 e. The van der Waals surface area contributed by atoms with Gasteiger partial charge in [-0.25, -0.2) is 9.97 Å². The fourth-order valence-corrected chi connectivity index (χ4v) is 15.4. The minimum absolute atomic E-state index is 0.811. The summed E-state index contributed by atoms with van der Waals surface area (Å²) in [7, 11) is 0. The number of aryl methyl sites for hydroxylation is 2. The van der Waals surface area contributed by atoms with Crippen molar-refractivity contribution in [2.24, 2.45) is 0 Å². The first-order valence-corrected chi connectivity index (χ1v) is 30.0. The topological polar surface area (TPSA) is 74.4 Å². The predicted octanol–water partition coefficient (Wildman–Crippen LogP) is 20.6. The molecule has 12 rings (SSSR count). The highest BCUT2D eigenvalue weighted by Crippen LogP contribution is 2.48. The quantitative estimate of drug-likeness (QED) is 0.0664. The van der Waals surface area contributed by atoms with E-state index in [0.29, 0.717) is 0 Å². The van der Waals surface area contributed by atoms with E-state index in [0.717, 1.165) is 121 Å². The average Bonchev–Trinajstić information content (AvgIpc) is 4.30. The lowest BCUT2D eigenvalue weighted by molar-refractivity contribution is 0.112. The first-order chi connectivity index (χ1) is 37.5. The average molecular weight is 1060 g/mol. The zero-order chi connectivity index (χ0) is 51.4. The number of H-pyrrole nitrogens is 2. The van der Waals surface area contributed by atoms with Crippen molar-refractivity contribution in [3.8, 4) is 73.1 Å². The summed E-state index contributed by atoms with van der Waals surface area (Å²) < 4.78 is 0. The van der Waals surface area contributed by atoms with E-state index in [1.165, 1.54) is 83.8 Å². The molecule has 0 unspecified atom stereocenters. The van der Waals surface area contributed by atoms with Crippen LogP contribution in [0, 0.1) is 0 Å². The highest BCUT2D eigenvalue weighted by molar-refractivity contribution is 7.29. The van der Waals surface area contributed by atoms with Crippen LogP contribution in [0.25, 0.3) is 119 Å².